The van der Waals surface area contributed by atoms with Gasteiger partial charge in [-0.15, -0.1) is 0 Å². The van der Waals surface area contributed by atoms with Crippen LogP contribution in [0.4, 0.5) is 11.8 Å². The Kier molecular flexibility index (Phi) is 8.60. The summed E-state index contributed by atoms with van der Waals surface area (Å²) in [7, 11) is 0. The summed E-state index contributed by atoms with van der Waals surface area (Å²) < 4.78 is 0. The maximum absolute atomic E-state index is 4.85. The second-order valence-electron chi connectivity index (χ2n) is 10.5. The molecule has 2 fully saturated rings. The van der Waals surface area contributed by atoms with Gasteiger partial charge < -0.3 is 10.2 Å². The van der Waals surface area contributed by atoms with Crippen molar-refractivity contribution in [1.82, 2.24) is 14.9 Å². The number of rotatable bonds is 9. The molecule has 33 heavy (non-hydrogen) atoms. The van der Waals surface area contributed by atoms with Crippen LogP contribution in [0.3, 0.4) is 0 Å². The number of hydrogen-bond acceptors (Lipinski definition) is 5. The average molecular weight is 450 g/mol. The van der Waals surface area contributed by atoms with Crippen molar-refractivity contribution in [3.63, 3.8) is 0 Å². The van der Waals surface area contributed by atoms with Gasteiger partial charge in [0, 0.05) is 38.4 Å². The molecule has 2 atom stereocenters. The van der Waals surface area contributed by atoms with Crippen molar-refractivity contribution in [2.75, 3.05) is 42.9 Å². The molecule has 1 aromatic carbocycles. The van der Waals surface area contributed by atoms with Crippen LogP contribution in [0.1, 0.15) is 76.3 Å². The fraction of sp³-hybridized carbons (Fsp3) is 0.643. The van der Waals surface area contributed by atoms with Crippen molar-refractivity contribution in [2.24, 2.45) is 5.92 Å². The number of anilines is 2. The predicted octanol–water partition coefficient (Wildman–Crippen LogP) is 5.74. The molecule has 0 amide bonds. The molecule has 1 N–H and O–H groups in total. The third kappa shape index (κ3) is 6.92. The van der Waals surface area contributed by atoms with E-state index in [4.69, 9.17) is 4.98 Å². The van der Waals surface area contributed by atoms with Gasteiger partial charge in [0.2, 0.25) is 5.95 Å². The second-order valence-corrected chi connectivity index (χ2v) is 10.5. The van der Waals surface area contributed by atoms with E-state index in [0.717, 1.165) is 44.4 Å². The van der Waals surface area contributed by atoms with Crippen LogP contribution >= 0.6 is 0 Å². The highest BCUT2D eigenvalue weighted by Crippen LogP contribution is 2.22. The van der Waals surface area contributed by atoms with Crippen molar-refractivity contribution in [1.29, 1.82) is 0 Å². The van der Waals surface area contributed by atoms with Crippen LogP contribution in [0, 0.1) is 5.92 Å². The third-order valence-electron chi connectivity index (χ3n) is 7.34. The van der Waals surface area contributed by atoms with Crippen LogP contribution in [-0.4, -0.2) is 53.6 Å². The Hall–Kier alpha value is -2.14. The quantitative estimate of drug-likeness (QED) is 0.529. The summed E-state index contributed by atoms with van der Waals surface area (Å²) in [6, 6.07) is 11.9. The van der Waals surface area contributed by atoms with Crippen LogP contribution in [-0.2, 0) is 6.42 Å². The normalized spacial score (nSPS) is 20.7. The maximum atomic E-state index is 4.85. The lowest BCUT2D eigenvalue weighted by molar-refractivity contribution is 0.226. The Morgan fingerprint density at radius 3 is 2.42 bits per heavy atom. The van der Waals surface area contributed by atoms with Gasteiger partial charge in [0.05, 0.1) is 0 Å². The lowest BCUT2D eigenvalue weighted by Crippen LogP contribution is -2.38. The fourth-order valence-corrected chi connectivity index (χ4v) is 5.39. The zero-order valence-corrected chi connectivity index (χ0v) is 21.0. The number of aromatic nitrogens is 2. The number of hydrogen-bond donors (Lipinski definition) is 1. The monoisotopic (exact) mass is 449 g/mol. The van der Waals surface area contributed by atoms with Gasteiger partial charge in [0.15, 0.2) is 0 Å². The summed E-state index contributed by atoms with van der Waals surface area (Å²) in [6.07, 6.45) is 10.8. The molecule has 2 saturated heterocycles. The molecule has 5 nitrogen and oxygen atoms in total. The number of nitrogens with one attached hydrogen (secondary N) is 1. The summed E-state index contributed by atoms with van der Waals surface area (Å²) in [5.41, 5.74) is 2.89. The molecule has 2 aliphatic heterocycles. The molecular formula is C28H43N5. The minimum absolute atomic E-state index is 0.571. The molecule has 0 aliphatic carbocycles. The maximum Gasteiger partial charge on any atom is 0.224 e. The molecule has 0 bridgehead atoms. The van der Waals surface area contributed by atoms with E-state index in [0.29, 0.717) is 17.9 Å². The Morgan fingerprint density at radius 2 is 1.70 bits per heavy atom. The van der Waals surface area contributed by atoms with E-state index in [1.54, 1.807) is 0 Å². The van der Waals surface area contributed by atoms with Gasteiger partial charge in [-0.25, -0.2) is 4.98 Å². The molecule has 0 spiro atoms. The van der Waals surface area contributed by atoms with E-state index in [2.05, 4.69) is 71.2 Å². The van der Waals surface area contributed by atoms with Crippen LogP contribution in [0.5, 0.6) is 0 Å². The van der Waals surface area contributed by atoms with Gasteiger partial charge >= 0.3 is 0 Å². The summed E-state index contributed by atoms with van der Waals surface area (Å²) in [5.74, 6) is 3.11. The Balaban J connectivity index is 1.27. The molecule has 180 valence electrons. The standard InChI is InChI=1S/C28H43N5/c1-22(2)25-12-10-24(11-13-25)19-23(3)21-33-18-8-9-26(33)20-30-28-29-15-14-27(31-28)32-16-6-4-5-7-17-32/h10-15,22-23,26H,4-9,16-21H2,1-3H3,(H,29,30,31). The zero-order valence-electron chi connectivity index (χ0n) is 21.0. The lowest BCUT2D eigenvalue weighted by Gasteiger charge is -2.28. The van der Waals surface area contributed by atoms with Crippen molar-refractivity contribution >= 4 is 11.8 Å². The van der Waals surface area contributed by atoms with E-state index in [9.17, 15) is 0 Å². The van der Waals surface area contributed by atoms with Gasteiger partial charge in [-0.1, -0.05) is 57.9 Å². The molecule has 0 radical (unpaired) electrons. The SMILES string of the molecule is CC(Cc1ccc(C(C)C)cc1)CN1CCCC1CNc1nccc(N2CCCCCC2)n1. The van der Waals surface area contributed by atoms with Gasteiger partial charge in [-0.2, -0.15) is 4.98 Å². The van der Waals surface area contributed by atoms with Gasteiger partial charge in [-0.3, -0.25) is 4.90 Å². The lowest BCUT2D eigenvalue weighted by atomic mass is 9.96. The van der Waals surface area contributed by atoms with Crippen LogP contribution < -0.4 is 10.2 Å². The highest BCUT2D eigenvalue weighted by atomic mass is 15.2. The summed E-state index contributed by atoms with van der Waals surface area (Å²) in [6.45, 7) is 12.4. The molecule has 2 unspecified atom stereocenters. The van der Waals surface area contributed by atoms with Crippen molar-refractivity contribution in [3.05, 3.63) is 47.7 Å². The van der Waals surface area contributed by atoms with Crippen LogP contribution in [0.2, 0.25) is 0 Å². The summed E-state index contributed by atoms with van der Waals surface area (Å²) >= 11 is 0. The minimum atomic E-state index is 0.571. The number of nitrogens with zero attached hydrogens (tertiary/aromatic N) is 4. The molecule has 0 saturated carbocycles. The van der Waals surface area contributed by atoms with Crippen molar-refractivity contribution < 1.29 is 0 Å². The Bertz CT molecular complexity index is 842. The molecule has 4 rings (SSSR count). The molecule has 3 heterocycles. The molecule has 1 aromatic heterocycles. The first-order chi connectivity index (χ1) is 16.1. The van der Waals surface area contributed by atoms with Gasteiger partial charge in [0.25, 0.3) is 0 Å². The first-order valence-corrected chi connectivity index (χ1v) is 13.2. The molecule has 5 heteroatoms. The van der Waals surface area contributed by atoms with Crippen molar-refractivity contribution in [2.45, 2.75) is 77.7 Å². The largest absolute Gasteiger partial charge is 0.356 e. The highest BCUT2D eigenvalue weighted by molar-refractivity contribution is 5.42. The van der Waals surface area contributed by atoms with Crippen molar-refractivity contribution in [3.8, 4) is 0 Å². The second kappa shape index (κ2) is 11.8. The van der Waals surface area contributed by atoms with Crippen LogP contribution in [0.15, 0.2) is 36.5 Å². The fourth-order valence-electron chi connectivity index (χ4n) is 5.39. The molecular weight excluding hydrogens is 406 g/mol. The van der Waals surface area contributed by atoms with E-state index >= 15 is 0 Å². The molecule has 2 aromatic rings. The van der Waals surface area contributed by atoms with Gasteiger partial charge in [-0.05, 0) is 67.7 Å². The molecule has 2 aliphatic rings. The topological polar surface area (TPSA) is 44.3 Å². The zero-order chi connectivity index (χ0) is 23.0. The summed E-state index contributed by atoms with van der Waals surface area (Å²) in [4.78, 5) is 14.5. The Morgan fingerprint density at radius 1 is 0.939 bits per heavy atom. The first-order valence-electron chi connectivity index (χ1n) is 13.2. The predicted molar refractivity (Wildman–Crippen MR) is 139 cm³/mol. The summed E-state index contributed by atoms with van der Waals surface area (Å²) in [5, 5.41) is 3.56. The number of likely N-dealkylation sites (tertiary alicyclic amines) is 1. The third-order valence-corrected chi connectivity index (χ3v) is 7.34. The van der Waals surface area contributed by atoms with E-state index in [1.165, 1.54) is 56.2 Å². The van der Waals surface area contributed by atoms with Crippen LogP contribution in [0.25, 0.3) is 0 Å². The van der Waals surface area contributed by atoms with E-state index < -0.39 is 0 Å². The first kappa shape index (κ1) is 24.0. The number of benzene rings is 1. The average Bonchev–Trinajstić information content (AvgIpc) is 3.07. The minimum Gasteiger partial charge on any atom is -0.356 e. The van der Waals surface area contributed by atoms with E-state index in [-0.39, 0.29) is 0 Å². The van der Waals surface area contributed by atoms with Gasteiger partial charge in [0.1, 0.15) is 5.82 Å². The Labute approximate surface area is 201 Å². The smallest absolute Gasteiger partial charge is 0.224 e. The van der Waals surface area contributed by atoms with E-state index in [1.807, 2.05) is 6.20 Å². The highest BCUT2D eigenvalue weighted by Gasteiger charge is 2.26.